The number of methoxy groups -OCH3 is 1. The van der Waals surface area contributed by atoms with E-state index in [1.54, 1.807) is 18.2 Å². The molecule has 0 bridgehead atoms. The number of anilines is 1. The van der Waals surface area contributed by atoms with E-state index in [1.807, 2.05) is 10.9 Å². The van der Waals surface area contributed by atoms with Crippen LogP contribution in [-0.2, 0) is 24.3 Å². The summed E-state index contributed by atoms with van der Waals surface area (Å²) >= 11 is 5.95. The SMILES string of the molecule is COc1ccc(Cl)cc1NC(=O)NCCn1ncc2c1CCOC2. The van der Waals surface area contributed by atoms with E-state index in [-0.39, 0.29) is 6.03 Å². The van der Waals surface area contributed by atoms with Gasteiger partial charge in [0.1, 0.15) is 5.75 Å². The molecule has 2 heterocycles. The third kappa shape index (κ3) is 3.80. The first kappa shape index (κ1) is 16.6. The number of nitrogens with zero attached hydrogens (tertiary/aromatic N) is 2. The third-order valence-electron chi connectivity index (χ3n) is 3.79. The van der Waals surface area contributed by atoms with Crippen LogP contribution in [0.25, 0.3) is 0 Å². The van der Waals surface area contributed by atoms with E-state index in [9.17, 15) is 4.79 Å². The van der Waals surface area contributed by atoms with Gasteiger partial charge < -0.3 is 20.1 Å². The summed E-state index contributed by atoms with van der Waals surface area (Å²) in [5, 5.41) is 10.4. The van der Waals surface area contributed by atoms with Crippen LogP contribution < -0.4 is 15.4 Å². The molecule has 0 spiro atoms. The molecule has 2 aromatic rings. The first-order chi connectivity index (χ1) is 11.7. The molecule has 0 saturated heterocycles. The van der Waals surface area contributed by atoms with Gasteiger partial charge in [0.25, 0.3) is 0 Å². The number of rotatable bonds is 5. The lowest BCUT2D eigenvalue weighted by molar-refractivity contribution is 0.109. The van der Waals surface area contributed by atoms with E-state index in [2.05, 4.69) is 15.7 Å². The maximum Gasteiger partial charge on any atom is 0.319 e. The number of hydrogen-bond donors (Lipinski definition) is 2. The average molecular weight is 351 g/mol. The molecule has 7 nitrogen and oxygen atoms in total. The van der Waals surface area contributed by atoms with Crippen molar-refractivity contribution in [3.8, 4) is 5.75 Å². The number of carbonyl (C=O) groups is 1. The molecule has 2 amide bonds. The van der Waals surface area contributed by atoms with Gasteiger partial charge >= 0.3 is 6.03 Å². The summed E-state index contributed by atoms with van der Waals surface area (Å²) in [5.74, 6) is 0.552. The minimum absolute atomic E-state index is 0.320. The molecular formula is C16H19ClN4O3. The minimum Gasteiger partial charge on any atom is -0.495 e. The normalized spacial score (nSPS) is 13.2. The number of carbonyl (C=O) groups excluding carboxylic acids is 1. The third-order valence-corrected chi connectivity index (χ3v) is 4.03. The summed E-state index contributed by atoms with van der Waals surface area (Å²) in [5.41, 5.74) is 2.82. The molecule has 0 atom stereocenters. The Labute approximate surface area is 144 Å². The lowest BCUT2D eigenvalue weighted by Gasteiger charge is -2.15. The van der Waals surface area contributed by atoms with Crippen molar-refractivity contribution < 1.29 is 14.3 Å². The van der Waals surface area contributed by atoms with E-state index in [4.69, 9.17) is 21.1 Å². The highest BCUT2D eigenvalue weighted by atomic mass is 35.5. The van der Waals surface area contributed by atoms with E-state index in [0.717, 1.165) is 12.0 Å². The molecule has 8 heteroatoms. The molecule has 0 saturated carbocycles. The molecule has 1 aliphatic rings. The van der Waals surface area contributed by atoms with Crippen LogP contribution in [0.4, 0.5) is 10.5 Å². The Morgan fingerprint density at radius 1 is 1.50 bits per heavy atom. The van der Waals surface area contributed by atoms with Gasteiger partial charge in [-0.2, -0.15) is 5.10 Å². The molecule has 0 fully saturated rings. The van der Waals surface area contributed by atoms with Crippen LogP contribution >= 0.6 is 11.6 Å². The number of benzene rings is 1. The van der Waals surface area contributed by atoms with Gasteiger partial charge in [0.15, 0.2) is 0 Å². The monoisotopic (exact) mass is 350 g/mol. The molecule has 0 aliphatic carbocycles. The lowest BCUT2D eigenvalue weighted by atomic mass is 10.2. The van der Waals surface area contributed by atoms with Gasteiger partial charge in [0.05, 0.1) is 38.8 Å². The van der Waals surface area contributed by atoms with Crippen molar-refractivity contribution in [2.45, 2.75) is 19.6 Å². The van der Waals surface area contributed by atoms with Crippen LogP contribution in [0.15, 0.2) is 24.4 Å². The Bertz CT molecular complexity index is 732. The number of ether oxygens (including phenoxy) is 2. The zero-order chi connectivity index (χ0) is 16.9. The van der Waals surface area contributed by atoms with Gasteiger partial charge in [-0.3, -0.25) is 4.68 Å². The maximum atomic E-state index is 12.0. The minimum atomic E-state index is -0.320. The zero-order valence-corrected chi connectivity index (χ0v) is 14.1. The number of nitrogens with one attached hydrogen (secondary N) is 2. The molecule has 0 unspecified atom stereocenters. The second-order valence-corrected chi connectivity index (χ2v) is 5.80. The molecule has 2 N–H and O–H groups in total. The molecule has 128 valence electrons. The molecule has 1 aromatic heterocycles. The standard InChI is InChI=1S/C16H19ClN4O3/c1-23-15-3-2-12(17)8-13(15)20-16(22)18-5-6-21-14-4-7-24-10-11(14)9-19-21/h2-3,8-9H,4-7,10H2,1H3,(H2,18,20,22). The van der Waals surface area contributed by atoms with Crippen LogP contribution in [0.2, 0.25) is 5.02 Å². The van der Waals surface area contributed by atoms with Gasteiger partial charge in [0, 0.05) is 29.2 Å². The number of aromatic nitrogens is 2. The van der Waals surface area contributed by atoms with Gasteiger partial charge in [-0.05, 0) is 18.2 Å². The van der Waals surface area contributed by atoms with Crippen molar-refractivity contribution in [3.63, 3.8) is 0 Å². The van der Waals surface area contributed by atoms with E-state index >= 15 is 0 Å². The Balaban J connectivity index is 1.53. The van der Waals surface area contributed by atoms with Crippen molar-refractivity contribution in [2.75, 3.05) is 25.6 Å². The number of halogens is 1. The summed E-state index contributed by atoms with van der Waals surface area (Å²) in [4.78, 5) is 12.0. The summed E-state index contributed by atoms with van der Waals surface area (Å²) in [7, 11) is 1.54. The fraction of sp³-hybridized carbons (Fsp3) is 0.375. The number of amides is 2. The molecule has 1 aliphatic heterocycles. The van der Waals surface area contributed by atoms with Crippen LogP contribution in [-0.4, -0.2) is 36.1 Å². The summed E-state index contributed by atoms with van der Waals surface area (Å²) < 4.78 is 12.5. The van der Waals surface area contributed by atoms with Gasteiger partial charge in [0.2, 0.25) is 0 Å². The lowest BCUT2D eigenvalue weighted by Crippen LogP contribution is -2.32. The quantitative estimate of drug-likeness (QED) is 0.868. The van der Waals surface area contributed by atoms with Crippen molar-refractivity contribution >= 4 is 23.3 Å². The molecule has 24 heavy (non-hydrogen) atoms. The summed E-state index contributed by atoms with van der Waals surface area (Å²) in [6.07, 6.45) is 2.67. The van der Waals surface area contributed by atoms with Crippen molar-refractivity contribution in [3.05, 3.63) is 40.7 Å². The highest BCUT2D eigenvalue weighted by Gasteiger charge is 2.15. The number of urea groups is 1. The molecule has 3 rings (SSSR count). The van der Waals surface area contributed by atoms with Crippen LogP contribution in [0.5, 0.6) is 5.75 Å². The van der Waals surface area contributed by atoms with Gasteiger partial charge in [-0.1, -0.05) is 11.6 Å². The van der Waals surface area contributed by atoms with Gasteiger partial charge in [-0.25, -0.2) is 4.79 Å². The Hall–Kier alpha value is -2.25. The summed E-state index contributed by atoms with van der Waals surface area (Å²) in [6, 6.07) is 4.73. The van der Waals surface area contributed by atoms with Gasteiger partial charge in [-0.15, -0.1) is 0 Å². The second-order valence-electron chi connectivity index (χ2n) is 5.37. The zero-order valence-electron chi connectivity index (χ0n) is 13.3. The van der Waals surface area contributed by atoms with Crippen molar-refractivity contribution in [1.82, 2.24) is 15.1 Å². The second kappa shape index (κ2) is 7.55. The average Bonchev–Trinajstić information content (AvgIpc) is 2.98. The Morgan fingerprint density at radius 3 is 3.21 bits per heavy atom. The maximum absolute atomic E-state index is 12.0. The van der Waals surface area contributed by atoms with E-state index in [0.29, 0.717) is 42.8 Å². The van der Waals surface area contributed by atoms with Crippen molar-refractivity contribution in [2.24, 2.45) is 0 Å². The van der Waals surface area contributed by atoms with Crippen LogP contribution in [0.3, 0.4) is 0 Å². The first-order valence-corrected chi connectivity index (χ1v) is 8.05. The Morgan fingerprint density at radius 2 is 2.38 bits per heavy atom. The number of fused-ring (bicyclic) bond motifs is 1. The highest BCUT2D eigenvalue weighted by Crippen LogP contribution is 2.27. The van der Waals surface area contributed by atoms with Crippen LogP contribution in [0, 0.1) is 0 Å². The molecular weight excluding hydrogens is 332 g/mol. The fourth-order valence-corrected chi connectivity index (χ4v) is 2.80. The smallest absolute Gasteiger partial charge is 0.319 e. The first-order valence-electron chi connectivity index (χ1n) is 7.67. The Kier molecular flexibility index (Phi) is 5.22. The highest BCUT2D eigenvalue weighted by molar-refractivity contribution is 6.31. The number of hydrogen-bond acceptors (Lipinski definition) is 4. The fourth-order valence-electron chi connectivity index (χ4n) is 2.62. The predicted octanol–water partition coefficient (Wildman–Crippen LogP) is 2.44. The molecule has 1 aromatic carbocycles. The largest absolute Gasteiger partial charge is 0.495 e. The van der Waals surface area contributed by atoms with Crippen molar-refractivity contribution in [1.29, 1.82) is 0 Å². The topological polar surface area (TPSA) is 77.4 Å². The predicted molar refractivity (Wildman–Crippen MR) is 90.6 cm³/mol. The van der Waals surface area contributed by atoms with Crippen LogP contribution in [0.1, 0.15) is 11.3 Å². The molecule has 0 radical (unpaired) electrons. The van der Waals surface area contributed by atoms with E-state index in [1.165, 1.54) is 12.8 Å². The van der Waals surface area contributed by atoms with E-state index < -0.39 is 0 Å². The summed E-state index contributed by atoms with van der Waals surface area (Å²) in [6.45, 7) is 2.39.